The van der Waals surface area contributed by atoms with Crippen molar-refractivity contribution in [1.82, 2.24) is 9.58 Å². The average Bonchev–Trinajstić information content (AvgIpc) is 3.14. The number of carbonyl (C=O) groups is 2. The molecule has 0 bridgehead atoms. The molecule has 0 unspecified atom stereocenters. The Morgan fingerprint density at radius 1 is 0.879 bits per heavy atom. The van der Waals surface area contributed by atoms with Gasteiger partial charge in [0.25, 0.3) is 17.4 Å². The lowest BCUT2D eigenvalue weighted by Gasteiger charge is -2.22. The fourth-order valence-electron chi connectivity index (χ4n) is 4.10. The molecule has 1 fully saturated rings. The maximum atomic E-state index is 13.4. The monoisotopic (exact) mass is 449 g/mol. The molecule has 0 spiro atoms. The van der Waals surface area contributed by atoms with Gasteiger partial charge >= 0.3 is 0 Å². The predicted molar refractivity (Wildman–Crippen MR) is 126 cm³/mol. The number of amides is 2. The topological polar surface area (TPSA) is 89.9 Å². The maximum Gasteiger partial charge on any atom is 0.277 e. The molecule has 2 heterocycles. The van der Waals surface area contributed by atoms with E-state index in [-0.39, 0.29) is 11.5 Å². The number of ether oxygens (including phenoxy) is 2. The van der Waals surface area contributed by atoms with Crippen LogP contribution >= 0.6 is 0 Å². The molecule has 8 nitrogen and oxygen atoms in total. The van der Waals surface area contributed by atoms with Gasteiger partial charge < -0.3 is 14.4 Å². The molecule has 0 saturated carbocycles. The minimum absolute atomic E-state index is 0.140. The molecule has 0 radical (unpaired) electrons. The molecule has 33 heavy (non-hydrogen) atoms. The molecule has 4 rings (SSSR count). The van der Waals surface area contributed by atoms with Gasteiger partial charge in [0.1, 0.15) is 11.5 Å². The number of rotatable bonds is 5. The van der Waals surface area contributed by atoms with Gasteiger partial charge in [-0.15, -0.1) is 0 Å². The summed E-state index contributed by atoms with van der Waals surface area (Å²) in [6.07, 6.45) is 5.54. The molecular formula is C25H27N3O5. The van der Waals surface area contributed by atoms with Crippen LogP contribution in [0.5, 0.6) is 11.5 Å². The Balaban J connectivity index is 1.74. The van der Waals surface area contributed by atoms with Gasteiger partial charge in [0.05, 0.1) is 19.8 Å². The van der Waals surface area contributed by atoms with E-state index in [2.05, 4.69) is 5.43 Å². The van der Waals surface area contributed by atoms with Gasteiger partial charge in [-0.2, -0.15) is 0 Å². The molecule has 0 atom stereocenters. The van der Waals surface area contributed by atoms with E-state index in [0.717, 1.165) is 30.4 Å². The molecule has 2 aromatic carbocycles. The van der Waals surface area contributed by atoms with Crippen molar-refractivity contribution in [3.8, 4) is 11.5 Å². The van der Waals surface area contributed by atoms with E-state index in [9.17, 15) is 14.4 Å². The lowest BCUT2D eigenvalue weighted by atomic mass is 10.1. The Hall–Kier alpha value is -3.81. The molecule has 1 N–H and O–H groups in total. The summed E-state index contributed by atoms with van der Waals surface area (Å²) in [7, 11) is 2.98. The van der Waals surface area contributed by atoms with E-state index in [1.165, 1.54) is 20.4 Å². The fourth-order valence-corrected chi connectivity index (χ4v) is 4.10. The Morgan fingerprint density at radius 3 is 2.09 bits per heavy atom. The van der Waals surface area contributed by atoms with Crippen molar-refractivity contribution in [2.45, 2.75) is 25.7 Å². The third kappa shape index (κ3) is 4.69. The highest BCUT2D eigenvalue weighted by Crippen LogP contribution is 2.23. The number of hydrogen-bond donors (Lipinski definition) is 1. The average molecular weight is 450 g/mol. The highest BCUT2D eigenvalue weighted by atomic mass is 16.5. The van der Waals surface area contributed by atoms with Gasteiger partial charge in [-0.25, -0.2) is 4.68 Å². The number of methoxy groups -OCH3 is 2. The molecule has 8 heteroatoms. The van der Waals surface area contributed by atoms with Crippen molar-refractivity contribution in [1.29, 1.82) is 0 Å². The normalized spacial score (nSPS) is 13.9. The Kier molecular flexibility index (Phi) is 6.63. The number of benzene rings is 2. The van der Waals surface area contributed by atoms with Crippen LogP contribution in [0.1, 0.15) is 46.4 Å². The quantitative estimate of drug-likeness (QED) is 0.645. The third-order valence-electron chi connectivity index (χ3n) is 5.88. The minimum Gasteiger partial charge on any atom is -0.497 e. The van der Waals surface area contributed by atoms with E-state index in [1.54, 1.807) is 42.5 Å². The summed E-state index contributed by atoms with van der Waals surface area (Å²) in [4.78, 5) is 41.4. The SMILES string of the molecule is COc1cc(OC)cc(C(=O)Nn2cc(C(=O)N3CCCCCC3)c3ccccc3c2=O)c1. The van der Waals surface area contributed by atoms with Gasteiger partial charge in [0, 0.05) is 41.7 Å². The first-order valence-electron chi connectivity index (χ1n) is 11.0. The first-order valence-corrected chi connectivity index (χ1v) is 11.0. The van der Waals surface area contributed by atoms with Crippen LogP contribution in [-0.2, 0) is 0 Å². The summed E-state index contributed by atoms with van der Waals surface area (Å²) < 4.78 is 11.5. The molecule has 1 aliphatic heterocycles. The van der Waals surface area contributed by atoms with Gasteiger partial charge in [-0.3, -0.25) is 19.8 Å². The molecule has 1 aliphatic rings. The predicted octanol–water partition coefficient (Wildman–Crippen LogP) is 3.42. The largest absolute Gasteiger partial charge is 0.497 e. The van der Waals surface area contributed by atoms with Crippen molar-refractivity contribution in [2.24, 2.45) is 0 Å². The standard InChI is InChI=1S/C25H27N3O5/c1-32-18-13-17(14-19(15-18)33-2)23(29)26-28-16-22(20-9-5-6-10-21(20)25(28)31)24(30)27-11-7-3-4-8-12-27/h5-6,9-10,13-16H,3-4,7-8,11-12H2,1-2H3,(H,26,29). The Bertz CT molecular complexity index is 1220. The van der Waals surface area contributed by atoms with Crippen LogP contribution in [0.3, 0.4) is 0 Å². The van der Waals surface area contributed by atoms with Crippen LogP contribution in [0.15, 0.2) is 53.5 Å². The third-order valence-corrected chi connectivity index (χ3v) is 5.88. The van der Waals surface area contributed by atoms with E-state index in [1.807, 2.05) is 4.90 Å². The van der Waals surface area contributed by atoms with Crippen molar-refractivity contribution in [3.05, 3.63) is 70.1 Å². The molecule has 1 saturated heterocycles. The van der Waals surface area contributed by atoms with Crippen molar-refractivity contribution in [2.75, 3.05) is 32.7 Å². The van der Waals surface area contributed by atoms with Gasteiger partial charge in [-0.1, -0.05) is 31.0 Å². The van der Waals surface area contributed by atoms with Gasteiger partial charge in [0.2, 0.25) is 0 Å². The first kappa shape index (κ1) is 22.4. The van der Waals surface area contributed by atoms with Crippen LogP contribution in [0.4, 0.5) is 0 Å². The van der Waals surface area contributed by atoms with Crippen molar-refractivity contribution >= 4 is 22.6 Å². The molecule has 2 amide bonds. The van der Waals surface area contributed by atoms with E-state index < -0.39 is 11.5 Å². The lowest BCUT2D eigenvalue weighted by molar-refractivity contribution is 0.0762. The summed E-state index contributed by atoms with van der Waals surface area (Å²) in [5.41, 5.74) is 2.84. The maximum absolute atomic E-state index is 13.4. The summed E-state index contributed by atoms with van der Waals surface area (Å²) in [6, 6.07) is 11.7. The second-order valence-corrected chi connectivity index (χ2v) is 8.01. The van der Waals surface area contributed by atoms with Crippen molar-refractivity contribution in [3.63, 3.8) is 0 Å². The van der Waals surface area contributed by atoms with Crippen LogP contribution in [0, 0.1) is 0 Å². The number of nitrogens with one attached hydrogen (secondary N) is 1. The highest BCUT2D eigenvalue weighted by Gasteiger charge is 2.22. The zero-order valence-corrected chi connectivity index (χ0v) is 18.8. The second kappa shape index (κ2) is 9.77. The number of nitrogens with zero attached hydrogens (tertiary/aromatic N) is 2. The van der Waals surface area contributed by atoms with Gasteiger partial charge in [0.15, 0.2) is 0 Å². The Labute approximate surface area is 191 Å². The number of pyridine rings is 1. The number of aromatic nitrogens is 1. The fraction of sp³-hybridized carbons (Fsp3) is 0.320. The molecule has 0 aliphatic carbocycles. The van der Waals surface area contributed by atoms with Gasteiger partial charge in [-0.05, 0) is 31.0 Å². The van der Waals surface area contributed by atoms with E-state index >= 15 is 0 Å². The molecule has 3 aromatic rings. The second-order valence-electron chi connectivity index (χ2n) is 8.01. The number of fused-ring (bicyclic) bond motifs is 1. The zero-order valence-electron chi connectivity index (χ0n) is 18.8. The van der Waals surface area contributed by atoms with Crippen LogP contribution in [-0.4, -0.2) is 48.7 Å². The van der Waals surface area contributed by atoms with Crippen LogP contribution in [0.25, 0.3) is 10.8 Å². The number of carbonyl (C=O) groups excluding carboxylic acids is 2. The summed E-state index contributed by atoms with van der Waals surface area (Å²) in [5.74, 6) is 0.224. The summed E-state index contributed by atoms with van der Waals surface area (Å²) in [6.45, 7) is 1.37. The smallest absolute Gasteiger partial charge is 0.277 e. The van der Waals surface area contributed by atoms with E-state index in [4.69, 9.17) is 9.47 Å². The summed E-state index contributed by atoms with van der Waals surface area (Å²) >= 11 is 0. The Morgan fingerprint density at radius 2 is 1.48 bits per heavy atom. The van der Waals surface area contributed by atoms with E-state index in [0.29, 0.717) is 40.9 Å². The summed E-state index contributed by atoms with van der Waals surface area (Å²) in [5, 5.41) is 0.937. The minimum atomic E-state index is -0.530. The number of likely N-dealkylation sites (tertiary alicyclic amines) is 1. The number of hydrogen-bond acceptors (Lipinski definition) is 5. The molecule has 1 aromatic heterocycles. The van der Waals surface area contributed by atoms with Crippen molar-refractivity contribution < 1.29 is 19.1 Å². The first-order chi connectivity index (χ1) is 16.0. The molecule has 172 valence electrons. The lowest BCUT2D eigenvalue weighted by Crippen LogP contribution is -2.36. The molecular weight excluding hydrogens is 422 g/mol. The van der Waals surface area contributed by atoms with Crippen LogP contribution < -0.4 is 20.5 Å². The zero-order chi connectivity index (χ0) is 23.4. The van der Waals surface area contributed by atoms with Crippen LogP contribution in [0.2, 0.25) is 0 Å². The highest BCUT2D eigenvalue weighted by molar-refractivity contribution is 6.07.